The maximum atomic E-state index is 5.99. The Morgan fingerprint density at radius 1 is 1.10 bits per heavy atom. The molecule has 1 atom stereocenters. The van der Waals surface area contributed by atoms with Crippen LogP contribution in [0.5, 0.6) is 5.75 Å². The molecule has 1 aromatic carbocycles. The van der Waals surface area contributed by atoms with Crippen LogP contribution in [-0.4, -0.2) is 6.61 Å². The average molecular weight is 298 g/mol. The summed E-state index contributed by atoms with van der Waals surface area (Å²) in [5.41, 5.74) is 6.93. The minimum atomic E-state index is -0.0576. The monoisotopic (exact) mass is 297 g/mol. The van der Waals surface area contributed by atoms with Crippen LogP contribution in [0.3, 0.4) is 0 Å². The van der Waals surface area contributed by atoms with Crippen molar-refractivity contribution >= 4 is 11.6 Å². The van der Waals surface area contributed by atoms with Crippen LogP contribution < -0.4 is 10.5 Å². The molecule has 0 radical (unpaired) electrons. The molecule has 0 aliphatic heterocycles. The lowest BCUT2D eigenvalue weighted by atomic mass is 10.1. The summed E-state index contributed by atoms with van der Waals surface area (Å²) >= 11 is 5.99. The summed E-state index contributed by atoms with van der Waals surface area (Å²) in [5.74, 6) is 0.871. The summed E-state index contributed by atoms with van der Waals surface area (Å²) < 4.78 is 5.84. The summed E-state index contributed by atoms with van der Waals surface area (Å²) in [7, 11) is 0. The molecule has 0 spiro atoms. The molecule has 0 heterocycles. The number of halogens is 1. The third kappa shape index (κ3) is 6.62. The fourth-order valence-electron chi connectivity index (χ4n) is 2.25. The van der Waals surface area contributed by atoms with Gasteiger partial charge in [0.15, 0.2) is 0 Å². The second kappa shape index (κ2) is 10.1. The number of hydrogen-bond donors (Lipinski definition) is 1. The maximum absolute atomic E-state index is 5.99. The van der Waals surface area contributed by atoms with E-state index < -0.39 is 0 Å². The van der Waals surface area contributed by atoms with Crippen molar-refractivity contribution in [2.75, 3.05) is 6.61 Å². The zero-order valence-electron chi connectivity index (χ0n) is 12.8. The number of rotatable bonds is 10. The van der Waals surface area contributed by atoms with Crippen LogP contribution in [0, 0.1) is 0 Å². The summed E-state index contributed by atoms with van der Waals surface area (Å²) in [6, 6.07) is 5.61. The topological polar surface area (TPSA) is 35.2 Å². The van der Waals surface area contributed by atoms with Gasteiger partial charge < -0.3 is 10.5 Å². The standard InChI is InChI=1S/C17H28ClNO/c1-3-4-5-6-7-8-9-12-20-17-11-10-15(18)13-16(17)14(2)19/h10-11,13-14H,3-9,12,19H2,1-2H3/t14-/m1/s1. The minimum Gasteiger partial charge on any atom is -0.493 e. The van der Waals surface area contributed by atoms with Crippen LogP contribution in [-0.2, 0) is 0 Å². The molecule has 2 N–H and O–H groups in total. The van der Waals surface area contributed by atoms with Crippen molar-refractivity contribution in [3.05, 3.63) is 28.8 Å². The van der Waals surface area contributed by atoms with Crippen molar-refractivity contribution in [2.24, 2.45) is 5.73 Å². The zero-order valence-corrected chi connectivity index (χ0v) is 13.6. The molecule has 1 rings (SSSR count). The second-order valence-corrected chi connectivity index (χ2v) is 5.88. The highest BCUT2D eigenvalue weighted by Crippen LogP contribution is 2.27. The largest absolute Gasteiger partial charge is 0.493 e. The van der Waals surface area contributed by atoms with Gasteiger partial charge in [0.05, 0.1) is 6.61 Å². The smallest absolute Gasteiger partial charge is 0.124 e. The molecule has 0 saturated carbocycles. The lowest BCUT2D eigenvalue weighted by Crippen LogP contribution is -2.08. The number of benzene rings is 1. The van der Waals surface area contributed by atoms with E-state index in [9.17, 15) is 0 Å². The van der Waals surface area contributed by atoms with Crippen LogP contribution in [0.4, 0.5) is 0 Å². The van der Waals surface area contributed by atoms with Crippen molar-refractivity contribution in [3.63, 3.8) is 0 Å². The van der Waals surface area contributed by atoms with E-state index in [0.29, 0.717) is 5.02 Å². The van der Waals surface area contributed by atoms with E-state index in [1.165, 1.54) is 38.5 Å². The van der Waals surface area contributed by atoms with E-state index in [4.69, 9.17) is 22.1 Å². The van der Waals surface area contributed by atoms with Gasteiger partial charge in [0.1, 0.15) is 5.75 Å². The first kappa shape index (κ1) is 17.3. The molecular formula is C17H28ClNO. The Bertz CT molecular complexity index is 379. The Kier molecular flexibility index (Phi) is 8.72. The van der Waals surface area contributed by atoms with Crippen LogP contribution in [0.2, 0.25) is 5.02 Å². The lowest BCUT2D eigenvalue weighted by molar-refractivity contribution is 0.300. The van der Waals surface area contributed by atoms with Gasteiger partial charge in [-0.05, 0) is 31.5 Å². The first-order chi connectivity index (χ1) is 9.65. The summed E-state index contributed by atoms with van der Waals surface area (Å²) in [6.45, 7) is 4.96. The van der Waals surface area contributed by atoms with Gasteiger partial charge in [-0.1, -0.05) is 57.0 Å². The third-order valence-corrected chi connectivity index (χ3v) is 3.70. The highest BCUT2D eigenvalue weighted by Gasteiger charge is 2.08. The summed E-state index contributed by atoms with van der Waals surface area (Å²) in [6.07, 6.45) is 9.03. The molecule has 0 bridgehead atoms. The Balaban J connectivity index is 2.25. The normalized spacial score (nSPS) is 12.4. The highest BCUT2D eigenvalue weighted by molar-refractivity contribution is 6.30. The Labute approximate surface area is 128 Å². The molecule has 0 aromatic heterocycles. The molecule has 0 saturated heterocycles. The predicted molar refractivity (Wildman–Crippen MR) is 87.5 cm³/mol. The molecule has 20 heavy (non-hydrogen) atoms. The van der Waals surface area contributed by atoms with Crippen LogP contribution >= 0.6 is 11.6 Å². The molecule has 1 aromatic rings. The molecule has 0 aliphatic rings. The van der Waals surface area contributed by atoms with Gasteiger partial charge >= 0.3 is 0 Å². The van der Waals surface area contributed by atoms with E-state index in [1.54, 1.807) is 0 Å². The van der Waals surface area contributed by atoms with Gasteiger partial charge in [0, 0.05) is 16.6 Å². The van der Waals surface area contributed by atoms with E-state index in [2.05, 4.69) is 6.92 Å². The van der Waals surface area contributed by atoms with Crippen LogP contribution in [0.25, 0.3) is 0 Å². The fourth-order valence-corrected chi connectivity index (χ4v) is 2.43. The van der Waals surface area contributed by atoms with Gasteiger partial charge in [-0.3, -0.25) is 0 Å². The van der Waals surface area contributed by atoms with E-state index in [-0.39, 0.29) is 6.04 Å². The maximum Gasteiger partial charge on any atom is 0.124 e. The molecule has 0 amide bonds. The molecule has 0 fully saturated rings. The van der Waals surface area contributed by atoms with E-state index in [1.807, 2.05) is 25.1 Å². The second-order valence-electron chi connectivity index (χ2n) is 5.44. The third-order valence-electron chi connectivity index (χ3n) is 3.47. The molecular weight excluding hydrogens is 270 g/mol. The summed E-state index contributed by atoms with van der Waals surface area (Å²) in [5, 5.41) is 0.709. The van der Waals surface area contributed by atoms with Crippen molar-refractivity contribution in [1.29, 1.82) is 0 Å². The van der Waals surface area contributed by atoms with Crippen LogP contribution in [0.15, 0.2) is 18.2 Å². The molecule has 3 heteroatoms. The number of nitrogens with two attached hydrogens (primary N) is 1. The van der Waals surface area contributed by atoms with Crippen molar-refractivity contribution < 1.29 is 4.74 Å². The highest BCUT2D eigenvalue weighted by atomic mass is 35.5. The fraction of sp³-hybridized carbons (Fsp3) is 0.647. The SMILES string of the molecule is CCCCCCCCCOc1ccc(Cl)cc1[C@@H](C)N. The van der Waals surface area contributed by atoms with Gasteiger partial charge in [-0.2, -0.15) is 0 Å². The average Bonchev–Trinajstić information content (AvgIpc) is 2.43. The van der Waals surface area contributed by atoms with Crippen molar-refractivity contribution in [1.82, 2.24) is 0 Å². The van der Waals surface area contributed by atoms with E-state index >= 15 is 0 Å². The van der Waals surface area contributed by atoms with Gasteiger partial charge in [0.25, 0.3) is 0 Å². The van der Waals surface area contributed by atoms with Crippen LogP contribution in [0.1, 0.15) is 70.4 Å². The van der Waals surface area contributed by atoms with Gasteiger partial charge in [0.2, 0.25) is 0 Å². The minimum absolute atomic E-state index is 0.0576. The number of hydrogen-bond acceptors (Lipinski definition) is 2. The van der Waals surface area contributed by atoms with Crippen molar-refractivity contribution in [3.8, 4) is 5.75 Å². The van der Waals surface area contributed by atoms with Crippen molar-refractivity contribution in [2.45, 2.75) is 64.8 Å². The Hall–Kier alpha value is -0.730. The molecule has 2 nitrogen and oxygen atoms in total. The first-order valence-corrected chi connectivity index (χ1v) is 8.20. The van der Waals surface area contributed by atoms with Gasteiger partial charge in [-0.15, -0.1) is 0 Å². The molecule has 0 unspecified atom stereocenters. The zero-order chi connectivity index (χ0) is 14.8. The molecule has 114 valence electrons. The molecule has 0 aliphatic carbocycles. The quantitative estimate of drug-likeness (QED) is 0.580. The Morgan fingerprint density at radius 2 is 1.75 bits per heavy atom. The summed E-state index contributed by atoms with van der Waals surface area (Å²) in [4.78, 5) is 0. The first-order valence-electron chi connectivity index (χ1n) is 7.83. The lowest BCUT2D eigenvalue weighted by Gasteiger charge is -2.14. The van der Waals surface area contributed by atoms with E-state index in [0.717, 1.165) is 24.3 Å². The number of ether oxygens (including phenoxy) is 1. The number of unbranched alkanes of at least 4 members (excludes halogenated alkanes) is 6. The predicted octanol–water partition coefficient (Wildman–Crippen LogP) is 5.49. The Morgan fingerprint density at radius 3 is 2.40 bits per heavy atom. The van der Waals surface area contributed by atoms with Gasteiger partial charge in [-0.25, -0.2) is 0 Å².